The number of nitrogens with two attached hydrogens (primary N) is 1. The van der Waals surface area contributed by atoms with Gasteiger partial charge < -0.3 is 10.3 Å². The van der Waals surface area contributed by atoms with Crippen LogP contribution in [0.25, 0.3) is 11.3 Å². The van der Waals surface area contributed by atoms with E-state index in [4.69, 9.17) is 5.73 Å². The number of rotatable bonds is 2. The Hall–Kier alpha value is -2.78. The molecule has 3 aromatic rings. The zero-order chi connectivity index (χ0) is 17.1. The Morgan fingerprint density at radius 2 is 1.88 bits per heavy atom. The van der Waals surface area contributed by atoms with Crippen LogP contribution in [0.2, 0.25) is 0 Å². The molecule has 6 heteroatoms. The molecular formula is C18H17N5S. The first kappa shape index (κ1) is 16.1. The monoisotopic (exact) mass is 335 g/mol. The summed E-state index contributed by atoms with van der Waals surface area (Å²) in [5.74, 6) is 6.56. The van der Waals surface area contributed by atoms with Crippen molar-refractivity contribution in [2.45, 2.75) is 11.8 Å². The Bertz CT molecular complexity index is 932. The molecule has 0 spiro atoms. The van der Waals surface area contributed by atoms with Crippen molar-refractivity contribution in [2.75, 3.05) is 12.0 Å². The zero-order valence-corrected chi connectivity index (χ0v) is 14.6. The van der Waals surface area contributed by atoms with Crippen LogP contribution in [-0.2, 0) is 7.05 Å². The van der Waals surface area contributed by atoms with Crippen LogP contribution in [0.3, 0.4) is 0 Å². The summed E-state index contributed by atoms with van der Waals surface area (Å²) in [6.45, 7) is 1.89. The SMILES string of the molecule is CSc1ccc(-c2nc(N)nc(C)c2C#Cc2cncn2C)cc1. The van der Waals surface area contributed by atoms with Crippen LogP contribution >= 0.6 is 11.8 Å². The van der Waals surface area contributed by atoms with Crippen molar-refractivity contribution >= 4 is 17.7 Å². The van der Waals surface area contributed by atoms with Crippen molar-refractivity contribution in [1.29, 1.82) is 0 Å². The summed E-state index contributed by atoms with van der Waals surface area (Å²) >= 11 is 1.70. The van der Waals surface area contributed by atoms with Crippen LogP contribution in [0.15, 0.2) is 41.7 Å². The van der Waals surface area contributed by atoms with Gasteiger partial charge in [-0.15, -0.1) is 11.8 Å². The highest BCUT2D eigenvalue weighted by Gasteiger charge is 2.11. The lowest BCUT2D eigenvalue weighted by Crippen LogP contribution is -2.03. The van der Waals surface area contributed by atoms with E-state index in [-0.39, 0.29) is 5.95 Å². The van der Waals surface area contributed by atoms with Crippen molar-refractivity contribution in [3.05, 3.63) is 53.7 Å². The molecule has 24 heavy (non-hydrogen) atoms. The third-order valence-corrected chi connectivity index (χ3v) is 4.35. The number of thioether (sulfide) groups is 1. The van der Waals surface area contributed by atoms with E-state index in [1.165, 1.54) is 4.90 Å². The fraction of sp³-hybridized carbons (Fsp3) is 0.167. The highest BCUT2D eigenvalue weighted by atomic mass is 32.2. The normalized spacial score (nSPS) is 10.3. The number of hydrogen-bond acceptors (Lipinski definition) is 5. The summed E-state index contributed by atoms with van der Waals surface area (Å²) in [7, 11) is 1.91. The van der Waals surface area contributed by atoms with E-state index in [2.05, 4.69) is 38.9 Å². The summed E-state index contributed by atoms with van der Waals surface area (Å²) in [5, 5.41) is 0. The molecule has 0 bridgehead atoms. The van der Waals surface area contributed by atoms with E-state index in [0.29, 0.717) is 0 Å². The Morgan fingerprint density at radius 1 is 1.12 bits per heavy atom. The number of imidazole rings is 1. The van der Waals surface area contributed by atoms with Gasteiger partial charge in [-0.05, 0) is 31.2 Å². The predicted molar refractivity (Wildman–Crippen MR) is 97.6 cm³/mol. The van der Waals surface area contributed by atoms with Gasteiger partial charge in [-0.1, -0.05) is 18.1 Å². The number of anilines is 1. The van der Waals surface area contributed by atoms with E-state index < -0.39 is 0 Å². The van der Waals surface area contributed by atoms with Gasteiger partial charge in [0.15, 0.2) is 0 Å². The van der Waals surface area contributed by atoms with Gasteiger partial charge in [-0.3, -0.25) is 0 Å². The molecule has 0 saturated heterocycles. The van der Waals surface area contributed by atoms with E-state index >= 15 is 0 Å². The van der Waals surface area contributed by atoms with Crippen LogP contribution in [0, 0.1) is 18.8 Å². The second kappa shape index (κ2) is 6.77. The predicted octanol–water partition coefficient (Wildman–Crippen LogP) is 2.89. The molecule has 5 nitrogen and oxygen atoms in total. The maximum absolute atomic E-state index is 5.85. The van der Waals surface area contributed by atoms with Crippen LogP contribution in [0.5, 0.6) is 0 Å². The van der Waals surface area contributed by atoms with Gasteiger partial charge in [0.05, 0.1) is 29.5 Å². The first-order valence-corrected chi connectivity index (χ1v) is 8.58. The standard InChI is InChI=1S/C18H17N5S/c1-12-16(9-6-14-10-20-11-23(14)2)17(22-18(19)21-12)13-4-7-15(24-3)8-5-13/h4-5,7-8,10-11H,1-3H3,(H2,19,21,22). The van der Waals surface area contributed by atoms with Gasteiger partial charge in [-0.2, -0.15) is 0 Å². The summed E-state index contributed by atoms with van der Waals surface area (Å²) in [6, 6.07) is 8.18. The van der Waals surface area contributed by atoms with E-state index in [9.17, 15) is 0 Å². The minimum Gasteiger partial charge on any atom is -0.368 e. The second-order valence-electron chi connectivity index (χ2n) is 5.26. The van der Waals surface area contributed by atoms with Gasteiger partial charge in [-0.25, -0.2) is 15.0 Å². The van der Waals surface area contributed by atoms with Crippen molar-refractivity contribution in [3.8, 4) is 23.1 Å². The van der Waals surface area contributed by atoms with Gasteiger partial charge in [0.1, 0.15) is 5.69 Å². The minimum atomic E-state index is 0.252. The molecule has 2 aromatic heterocycles. The van der Waals surface area contributed by atoms with Crippen LogP contribution < -0.4 is 5.73 Å². The molecule has 1 aromatic carbocycles. The topological polar surface area (TPSA) is 69.6 Å². The van der Waals surface area contributed by atoms with Crippen molar-refractivity contribution in [2.24, 2.45) is 7.05 Å². The number of nitrogen functional groups attached to an aromatic ring is 1. The quantitative estimate of drug-likeness (QED) is 0.576. The summed E-state index contributed by atoms with van der Waals surface area (Å²) in [5.41, 5.74) is 9.95. The highest BCUT2D eigenvalue weighted by molar-refractivity contribution is 7.98. The van der Waals surface area contributed by atoms with Crippen molar-refractivity contribution < 1.29 is 0 Å². The first-order valence-electron chi connectivity index (χ1n) is 7.35. The lowest BCUT2D eigenvalue weighted by Gasteiger charge is -2.08. The maximum Gasteiger partial charge on any atom is 0.220 e. The molecule has 0 amide bonds. The average molecular weight is 335 g/mol. The van der Waals surface area contributed by atoms with Gasteiger partial charge in [0, 0.05) is 17.5 Å². The molecular weight excluding hydrogens is 318 g/mol. The number of aryl methyl sites for hydroxylation is 2. The number of hydrogen-bond donors (Lipinski definition) is 1. The van der Waals surface area contributed by atoms with Gasteiger partial charge >= 0.3 is 0 Å². The number of aromatic nitrogens is 4. The third kappa shape index (κ3) is 3.26. The summed E-state index contributed by atoms with van der Waals surface area (Å²) < 4.78 is 1.87. The molecule has 2 heterocycles. The lowest BCUT2D eigenvalue weighted by molar-refractivity contribution is 0.899. The van der Waals surface area contributed by atoms with Gasteiger partial charge in [0.25, 0.3) is 0 Å². The van der Waals surface area contributed by atoms with Crippen molar-refractivity contribution in [1.82, 2.24) is 19.5 Å². The molecule has 0 aliphatic heterocycles. The molecule has 2 N–H and O–H groups in total. The fourth-order valence-electron chi connectivity index (χ4n) is 2.31. The number of nitrogens with zero attached hydrogens (tertiary/aromatic N) is 4. The third-order valence-electron chi connectivity index (χ3n) is 3.60. The number of benzene rings is 1. The molecule has 0 fully saturated rings. The molecule has 0 radical (unpaired) electrons. The first-order chi connectivity index (χ1) is 11.6. The van der Waals surface area contributed by atoms with E-state index in [0.717, 1.165) is 28.2 Å². The Kier molecular flexibility index (Phi) is 4.54. The molecule has 3 rings (SSSR count). The molecule has 120 valence electrons. The average Bonchev–Trinajstić information content (AvgIpc) is 2.98. The van der Waals surface area contributed by atoms with E-state index in [1.807, 2.05) is 36.9 Å². The van der Waals surface area contributed by atoms with Crippen molar-refractivity contribution in [3.63, 3.8) is 0 Å². The van der Waals surface area contributed by atoms with Gasteiger partial charge in [0.2, 0.25) is 5.95 Å². The molecule has 0 unspecified atom stereocenters. The van der Waals surface area contributed by atoms with E-state index in [1.54, 1.807) is 24.3 Å². The fourth-order valence-corrected chi connectivity index (χ4v) is 2.71. The molecule has 0 aliphatic rings. The summed E-state index contributed by atoms with van der Waals surface area (Å²) in [6.07, 6.45) is 5.50. The second-order valence-corrected chi connectivity index (χ2v) is 6.14. The minimum absolute atomic E-state index is 0.252. The van der Waals surface area contributed by atoms with Crippen LogP contribution in [0.4, 0.5) is 5.95 Å². The molecule has 0 aliphatic carbocycles. The summed E-state index contributed by atoms with van der Waals surface area (Å²) in [4.78, 5) is 13.9. The maximum atomic E-state index is 5.85. The Balaban J connectivity index is 2.12. The smallest absolute Gasteiger partial charge is 0.220 e. The molecule has 0 atom stereocenters. The zero-order valence-electron chi connectivity index (χ0n) is 13.7. The Morgan fingerprint density at radius 3 is 2.50 bits per heavy atom. The largest absolute Gasteiger partial charge is 0.368 e. The Labute approximate surface area is 145 Å². The lowest BCUT2D eigenvalue weighted by atomic mass is 10.0. The highest BCUT2D eigenvalue weighted by Crippen LogP contribution is 2.26. The van der Waals surface area contributed by atoms with Crippen LogP contribution in [-0.4, -0.2) is 25.8 Å². The van der Waals surface area contributed by atoms with Crippen LogP contribution in [0.1, 0.15) is 17.0 Å². The molecule has 0 saturated carbocycles.